The van der Waals surface area contributed by atoms with Crippen LogP contribution in [0.3, 0.4) is 0 Å². The lowest BCUT2D eigenvalue weighted by atomic mass is 9.82. The standard InChI is InChI=1S/C13H28N4O/c1-5-13(6-2)7-8-17(10-13)12(16-14)15-11(3)9-18-4/h11H,5-10,14H2,1-4H3,(H,15,16). The van der Waals surface area contributed by atoms with E-state index in [0.29, 0.717) is 12.0 Å². The van der Waals surface area contributed by atoms with Crippen molar-refractivity contribution in [3.63, 3.8) is 0 Å². The molecule has 1 unspecified atom stereocenters. The number of hydrogen-bond acceptors (Lipinski definition) is 3. The molecule has 1 rings (SSSR count). The molecule has 1 aliphatic heterocycles. The van der Waals surface area contributed by atoms with Crippen LogP contribution < -0.4 is 11.3 Å². The van der Waals surface area contributed by atoms with Gasteiger partial charge in [0.05, 0.1) is 12.6 Å². The van der Waals surface area contributed by atoms with E-state index in [1.807, 2.05) is 6.92 Å². The molecular formula is C13H28N4O. The minimum absolute atomic E-state index is 0.124. The quantitative estimate of drug-likeness (QED) is 0.337. The fraction of sp³-hybridized carbons (Fsp3) is 0.923. The van der Waals surface area contributed by atoms with E-state index in [-0.39, 0.29) is 6.04 Å². The fourth-order valence-corrected chi connectivity index (χ4v) is 2.64. The van der Waals surface area contributed by atoms with Gasteiger partial charge in [0.25, 0.3) is 0 Å². The highest BCUT2D eigenvalue weighted by atomic mass is 16.5. The molecule has 1 aliphatic rings. The van der Waals surface area contributed by atoms with Gasteiger partial charge in [0.2, 0.25) is 5.96 Å². The third kappa shape index (κ3) is 3.59. The van der Waals surface area contributed by atoms with Crippen LogP contribution in [0.5, 0.6) is 0 Å². The van der Waals surface area contributed by atoms with Gasteiger partial charge in [-0.2, -0.15) is 0 Å². The van der Waals surface area contributed by atoms with Gasteiger partial charge in [0.15, 0.2) is 0 Å². The second kappa shape index (κ2) is 6.95. The molecule has 1 fully saturated rings. The molecule has 0 radical (unpaired) electrons. The largest absolute Gasteiger partial charge is 0.382 e. The molecule has 3 N–H and O–H groups in total. The number of hydrazine groups is 1. The first-order chi connectivity index (χ1) is 8.60. The summed E-state index contributed by atoms with van der Waals surface area (Å²) in [6, 6.07) is 0.124. The van der Waals surface area contributed by atoms with Crippen LogP contribution in [0, 0.1) is 5.41 Å². The Morgan fingerprint density at radius 2 is 2.17 bits per heavy atom. The third-order valence-electron chi connectivity index (χ3n) is 4.12. The van der Waals surface area contributed by atoms with Crippen LogP contribution in [0.2, 0.25) is 0 Å². The van der Waals surface area contributed by atoms with Crippen LogP contribution in [-0.2, 0) is 4.74 Å². The van der Waals surface area contributed by atoms with Crippen molar-refractivity contribution in [1.29, 1.82) is 0 Å². The Kier molecular flexibility index (Phi) is 5.88. The summed E-state index contributed by atoms with van der Waals surface area (Å²) in [5, 5.41) is 0. The Hall–Kier alpha value is -0.810. The Morgan fingerprint density at radius 3 is 2.61 bits per heavy atom. The molecule has 0 bridgehead atoms. The maximum absolute atomic E-state index is 5.61. The van der Waals surface area contributed by atoms with Crippen molar-refractivity contribution in [3.05, 3.63) is 0 Å². The van der Waals surface area contributed by atoms with Gasteiger partial charge in [-0.3, -0.25) is 5.43 Å². The van der Waals surface area contributed by atoms with Crippen molar-refractivity contribution in [2.75, 3.05) is 26.8 Å². The zero-order valence-corrected chi connectivity index (χ0v) is 12.2. The normalized spacial score (nSPS) is 21.2. The highest BCUT2D eigenvalue weighted by Crippen LogP contribution is 2.36. The van der Waals surface area contributed by atoms with Crippen LogP contribution in [0.4, 0.5) is 0 Å². The molecule has 0 aromatic heterocycles. The fourth-order valence-electron chi connectivity index (χ4n) is 2.64. The van der Waals surface area contributed by atoms with Crippen LogP contribution >= 0.6 is 0 Å². The Morgan fingerprint density at radius 1 is 1.50 bits per heavy atom. The number of nitrogens with two attached hydrogens (primary N) is 1. The number of methoxy groups -OCH3 is 1. The summed E-state index contributed by atoms with van der Waals surface area (Å²) in [7, 11) is 1.69. The second-order valence-electron chi connectivity index (χ2n) is 5.28. The van der Waals surface area contributed by atoms with Gasteiger partial charge in [-0.15, -0.1) is 0 Å². The van der Waals surface area contributed by atoms with E-state index in [1.165, 1.54) is 19.3 Å². The van der Waals surface area contributed by atoms with Crippen molar-refractivity contribution < 1.29 is 4.74 Å². The van der Waals surface area contributed by atoms with Gasteiger partial charge < -0.3 is 9.64 Å². The van der Waals surface area contributed by atoms with Crippen molar-refractivity contribution >= 4 is 5.96 Å². The minimum Gasteiger partial charge on any atom is -0.382 e. The van der Waals surface area contributed by atoms with E-state index in [9.17, 15) is 0 Å². The summed E-state index contributed by atoms with van der Waals surface area (Å²) in [5.41, 5.74) is 3.17. The van der Waals surface area contributed by atoms with Gasteiger partial charge in [-0.25, -0.2) is 10.8 Å². The topological polar surface area (TPSA) is 62.9 Å². The van der Waals surface area contributed by atoms with Gasteiger partial charge in [0, 0.05) is 20.2 Å². The van der Waals surface area contributed by atoms with Crippen LogP contribution in [0.15, 0.2) is 4.99 Å². The predicted octanol–water partition coefficient (Wildman–Crippen LogP) is 1.35. The van der Waals surface area contributed by atoms with Gasteiger partial charge in [-0.05, 0) is 31.6 Å². The van der Waals surface area contributed by atoms with Gasteiger partial charge in [-0.1, -0.05) is 13.8 Å². The lowest BCUT2D eigenvalue weighted by Crippen LogP contribution is -2.45. The molecule has 5 nitrogen and oxygen atoms in total. The van der Waals surface area contributed by atoms with Crippen molar-refractivity contribution in [3.8, 4) is 0 Å². The lowest BCUT2D eigenvalue weighted by Gasteiger charge is -2.27. The first kappa shape index (κ1) is 15.2. The smallest absolute Gasteiger partial charge is 0.208 e. The van der Waals surface area contributed by atoms with Crippen LogP contribution in [-0.4, -0.2) is 43.7 Å². The number of rotatable bonds is 5. The molecule has 1 atom stereocenters. The zero-order valence-electron chi connectivity index (χ0n) is 12.2. The maximum atomic E-state index is 5.61. The highest BCUT2D eigenvalue weighted by Gasteiger charge is 2.36. The van der Waals surface area contributed by atoms with E-state index in [2.05, 4.69) is 29.2 Å². The number of aliphatic imine (C=N–C) groups is 1. The van der Waals surface area contributed by atoms with Crippen LogP contribution in [0.1, 0.15) is 40.0 Å². The molecule has 0 saturated carbocycles. The zero-order chi connectivity index (χ0) is 13.6. The first-order valence-corrected chi connectivity index (χ1v) is 6.89. The van der Waals surface area contributed by atoms with E-state index >= 15 is 0 Å². The van der Waals surface area contributed by atoms with E-state index < -0.39 is 0 Å². The molecule has 18 heavy (non-hydrogen) atoms. The number of likely N-dealkylation sites (tertiary alicyclic amines) is 1. The molecule has 0 aromatic rings. The second-order valence-corrected chi connectivity index (χ2v) is 5.28. The average Bonchev–Trinajstić information content (AvgIpc) is 2.81. The molecule has 0 aliphatic carbocycles. The highest BCUT2D eigenvalue weighted by molar-refractivity contribution is 5.79. The average molecular weight is 256 g/mol. The number of ether oxygens (including phenoxy) is 1. The molecule has 5 heteroatoms. The van der Waals surface area contributed by atoms with Gasteiger partial charge in [0.1, 0.15) is 0 Å². The summed E-state index contributed by atoms with van der Waals surface area (Å²) in [6.45, 7) is 9.27. The molecular weight excluding hydrogens is 228 g/mol. The van der Waals surface area contributed by atoms with E-state index in [1.54, 1.807) is 7.11 Å². The first-order valence-electron chi connectivity index (χ1n) is 6.89. The molecule has 0 spiro atoms. The molecule has 106 valence electrons. The van der Waals surface area contributed by atoms with Crippen molar-refractivity contribution in [1.82, 2.24) is 10.3 Å². The van der Waals surface area contributed by atoms with E-state index in [0.717, 1.165) is 19.0 Å². The summed E-state index contributed by atoms with van der Waals surface area (Å²) >= 11 is 0. The molecule has 1 heterocycles. The van der Waals surface area contributed by atoms with Gasteiger partial charge >= 0.3 is 0 Å². The Bertz CT molecular complexity index is 276. The molecule has 0 aromatic carbocycles. The third-order valence-corrected chi connectivity index (χ3v) is 4.12. The predicted molar refractivity (Wildman–Crippen MR) is 75.3 cm³/mol. The monoisotopic (exact) mass is 256 g/mol. The maximum Gasteiger partial charge on any atom is 0.208 e. The Balaban J connectivity index is 2.68. The summed E-state index contributed by atoms with van der Waals surface area (Å²) in [6.07, 6.45) is 3.65. The van der Waals surface area contributed by atoms with E-state index in [4.69, 9.17) is 10.6 Å². The summed E-state index contributed by atoms with van der Waals surface area (Å²) in [4.78, 5) is 6.85. The minimum atomic E-state index is 0.124. The van der Waals surface area contributed by atoms with Crippen molar-refractivity contribution in [2.45, 2.75) is 46.1 Å². The van der Waals surface area contributed by atoms with Crippen LogP contribution in [0.25, 0.3) is 0 Å². The summed E-state index contributed by atoms with van der Waals surface area (Å²) < 4.78 is 5.10. The SMILES string of the molecule is CCC1(CC)CCN(C(=NC(C)COC)NN)C1. The number of nitrogens with zero attached hydrogens (tertiary/aromatic N) is 2. The molecule has 1 saturated heterocycles. The Labute approximate surface area is 111 Å². The number of nitrogens with one attached hydrogen (secondary N) is 1. The number of hydrogen-bond donors (Lipinski definition) is 2. The summed E-state index contributed by atoms with van der Waals surface area (Å²) in [5.74, 6) is 6.40. The number of guanidine groups is 1. The van der Waals surface area contributed by atoms with Crippen molar-refractivity contribution in [2.24, 2.45) is 16.3 Å². The lowest BCUT2D eigenvalue weighted by molar-refractivity contribution is 0.185. The molecule has 0 amide bonds.